The number of aryl methyl sites for hydroxylation is 1. The zero-order valence-electron chi connectivity index (χ0n) is 11.2. The summed E-state index contributed by atoms with van der Waals surface area (Å²) in [5, 5.41) is 8.86. The lowest BCUT2D eigenvalue weighted by molar-refractivity contribution is -0.136. The van der Waals surface area contributed by atoms with Crippen LogP contribution in [0.1, 0.15) is 18.2 Å². The second-order valence-corrected chi connectivity index (χ2v) is 5.06. The van der Waals surface area contributed by atoms with Gasteiger partial charge in [-0.15, -0.1) is 0 Å². The summed E-state index contributed by atoms with van der Waals surface area (Å²) in [5.41, 5.74) is 2.52. The summed E-state index contributed by atoms with van der Waals surface area (Å²) in [6.07, 6.45) is 0.796. The van der Waals surface area contributed by atoms with E-state index in [0.717, 1.165) is 17.5 Å². The first-order valence-corrected chi connectivity index (χ1v) is 6.98. The summed E-state index contributed by atoms with van der Waals surface area (Å²) >= 11 is 3.28. The number of nitrogens with zero attached hydrogens (tertiary/aromatic N) is 1. The lowest BCUT2D eigenvalue weighted by atomic mass is 10.1. The topological polar surface area (TPSA) is 75.2 Å². The molecule has 0 saturated carbocycles. The molecule has 2 aromatic rings. The number of nitrogens with one attached hydrogen (secondary N) is 1. The van der Waals surface area contributed by atoms with Gasteiger partial charge < -0.3 is 14.8 Å². The summed E-state index contributed by atoms with van der Waals surface area (Å²) in [6, 6.07) is 5.88. The van der Waals surface area contributed by atoms with E-state index in [1.54, 1.807) is 7.11 Å². The van der Waals surface area contributed by atoms with Crippen molar-refractivity contribution >= 4 is 21.9 Å². The van der Waals surface area contributed by atoms with Crippen LogP contribution >= 0.6 is 15.9 Å². The predicted molar refractivity (Wildman–Crippen MR) is 79.0 cm³/mol. The Kier molecular flexibility index (Phi) is 4.44. The van der Waals surface area contributed by atoms with E-state index in [1.807, 2.05) is 18.2 Å². The molecule has 0 aliphatic rings. The Labute approximate surface area is 125 Å². The first-order chi connectivity index (χ1) is 9.55. The molecule has 0 radical (unpaired) electrons. The van der Waals surface area contributed by atoms with Gasteiger partial charge in [-0.3, -0.25) is 4.79 Å². The molecule has 6 heteroatoms. The number of rotatable bonds is 5. The number of halogens is 1. The lowest BCUT2D eigenvalue weighted by Gasteiger charge is -2.08. The van der Waals surface area contributed by atoms with E-state index in [0.29, 0.717) is 21.9 Å². The molecule has 0 unspecified atom stereocenters. The third-order valence-corrected chi connectivity index (χ3v) is 3.64. The highest BCUT2D eigenvalue weighted by atomic mass is 79.9. The van der Waals surface area contributed by atoms with Crippen LogP contribution in [0.5, 0.6) is 5.75 Å². The number of hydrogen-bond donors (Lipinski definition) is 2. The Balaban J connectivity index is 2.47. The summed E-state index contributed by atoms with van der Waals surface area (Å²) in [6.45, 7) is 2.07. The molecule has 0 saturated heterocycles. The number of H-pyrrole nitrogens is 1. The van der Waals surface area contributed by atoms with E-state index < -0.39 is 5.97 Å². The van der Waals surface area contributed by atoms with Crippen LogP contribution in [0.4, 0.5) is 0 Å². The minimum Gasteiger partial charge on any atom is -0.496 e. The summed E-state index contributed by atoms with van der Waals surface area (Å²) in [4.78, 5) is 18.2. The van der Waals surface area contributed by atoms with Crippen molar-refractivity contribution in [2.75, 3.05) is 7.11 Å². The van der Waals surface area contributed by atoms with E-state index in [9.17, 15) is 4.79 Å². The highest BCUT2D eigenvalue weighted by Crippen LogP contribution is 2.31. The van der Waals surface area contributed by atoms with Crippen LogP contribution in [-0.4, -0.2) is 28.2 Å². The molecule has 106 valence electrons. The number of ether oxygens (including phenoxy) is 1. The molecule has 0 aliphatic carbocycles. The number of aromatic nitrogens is 2. The smallest absolute Gasteiger partial charge is 0.309 e. The van der Waals surface area contributed by atoms with Gasteiger partial charge in [-0.05, 0) is 40.0 Å². The average molecular weight is 339 g/mol. The van der Waals surface area contributed by atoms with Crippen LogP contribution in [0, 0.1) is 0 Å². The van der Waals surface area contributed by atoms with Crippen molar-refractivity contribution in [3.63, 3.8) is 0 Å². The second-order valence-electron chi connectivity index (χ2n) is 4.31. The number of carboxylic acid groups (broad SMARTS) is 1. The Morgan fingerprint density at radius 3 is 2.85 bits per heavy atom. The lowest BCUT2D eigenvalue weighted by Crippen LogP contribution is -2.00. The first-order valence-electron chi connectivity index (χ1n) is 6.18. The molecule has 0 fully saturated rings. The van der Waals surface area contributed by atoms with Gasteiger partial charge in [0.15, 0.2) is 0 Å². The molecule has 5 nitrogen and oxygen atoms in total. The molecule has 2 N–H and O–H groups in total. The van der Waals surface area contributed by atoms with Crippen LogP contribution in [0.3, 0.4) is 0 Å². The van der Waals surface area contributed by atoms with Gasteiger partial charge in [0.25, 0.3) is 0 Å². The van der Waals surface area contributed by atoms with Crippen LogP contribution in [0.15, 0.2) is 22.8 Å². The zero-order chi connectivity index (χ0) is 14.7. The number of benzene rings is 1. The summed E-state index contributed by atoms with van der Waals surface area (Å²) in [5.74, 6) is 0.390. The van der Waals surface area contributed by atoms with E-state index >= 15 is 0 Å². The monoisotopic (exact) mass is 338 g/mol. The maximum absolute atomic E-state index is 10.8. The Morgan fingerprint density at radius 2 is 2.25 bits per heavy atom. The number of aliphatic carboxylic acids is 1. The molecule has 20 heavy (non-hydrogen) atoms. The Hall–Kier alpha value is -1.82. The number of aromatic amines is 1. The molecule has 0 atom stereocenters. The molecule has 2 rings (SSSR count). The fraction of sp³-hybridized carbons (Fsp3) is 0.286. The summed E-state index contributed by atoms with van der Waals surface area (Å²) in [7, 11) is 1.60. The van der Waals surface area contributed by atoms with Crippen molar-refractivity contribution in [2.24, 2.45) is 0 Å². The number of methoxy groups -OCH3 is 1. The maximum Gasteiger partial charge on any atom is 0.309 e. The van der Waals surface area contributed by atoms with Crippen molar-refractivity contribution in [3.8, 4) is 17.1 Å². The highest BCUT2D eigenvalue weighted by Gasteiger charge is 2.15. The Morgan fingerprint density at radius 1 is 1.50 bits per heavy atom. The van der Waals surface area contributed by atoms with Crippen LogP contribution in [0.25, 0.3) is 11.4 Å². The minimum absolute atomic E-state index is 0.108. The molecule has 0 spiro atoms. The molecule has 0 aliphatic heterocycles. The summed E-state index contributed by atoms with van der Waals surface area (Å²) < 4.78 is 5.85. The highest BCUT2D eigenvalue weighted by molar-refractivity contribution is 9.10. The average Bonchev–Trinajstić information content (AvgIpc) is 2.78. The van der Waals surface area contributed by atoms with Gasteiger partial charge in [-0.1, -0.05) is 13.0 Å². The molecular weight excluding hydrogens is 324 g/mol. The largest absolute Gasteiger partial charge is 0.496 e. The van der Waals surface area contributed by atoms with Crippen molar-refractivity contribution in [1.82, 2.24) is 9.97 Å². The van der Waals surface area contributed by atoms with Gasteiger partial charge in [0, 0.05) is 0 Å². The molecule has 1 heterocycles. The van der Waals surface area contributed by atoms with Gasteiger partial charge in [0.1, 0.15) is 16.2 Å². The van der Waals surface area contributed by atoms with E-state index in [1.165, 1.54) is 0 Å². The fourth-order valence-electron chi connectivity index (χ4n) is 1.94. The van der Waals surface area contributed by atoms with Gasteiger partial charge in [0.05, 0.1) is 24.8 Å². The number of imidazole rings is 1. The quantitative estimate of drug-likeness (QED) is 0.878. The second kappa shape index (κ2) is 6.09. The van der Waals surface area contributed by atoms with E-state index in [2.05, 4.69) is 32.8 Å². The Bertz CT molecular complexity index is 637. The zero-order valence-corrected chi connectivity index (χ0v) is 12.8. The number of hydrogen-bond acceptors (Lipinski definition) is 3. The van der Waals surface area contributed by atoms with Gasteiger partial charge >= 0.3 is 5.97 Å². The van der Waals surface area contributed by atoms with E-state index in [-0.39, 0.29) is 6.42 Å². The van der Waals surface area contributed by atoms with Crippen LogP contribution in [-0.2, 0) is 17.6 Å². The number of carboxylic acids is 1. The molecule has 0 bridgehead atoms. The van der Waals surface area contributed by atoms with Gasteiger partial charge in [-0.2, -0.15) is 0 Å². The van der Waals surface area contributed by atoms with Crippen molar-refractivity contribution in [1.29, 1.82) is 0 Å². The van der Waals surface area contributed by atoms with Crippen molar-refractivity contribution < 1.29 is 14.6 Å². The number of carbonyl (C=O) groups is 1. The molecular formula is C14H15BrN2O3. The maximum atomic E-state index is 10.8. The standard InChI is InChI=1S/C14H15BrN2O3/c1-3-8-4-5-11(20-2)9(6-8)14-16-10(7-12(18)19)13(15)17-14/h4-6H,3,7H2,1-2H3,(H,16,17)(H,18,19). The van der Waals surface area contributed by atoms with Crippen molar-refractivity contribution in [2.45, 2.75) is 19.8 Å². The molecule has 0 amide bonds. The molecule has 1 aromatic heterocycles. The van der Waals surface area contributed by atoms with Gasteiger partial charge in [0.2, 0.25) is 0 Å². The molecule has 1 aromatic carbocycles. The van der Waals surface area contributed by atoms with Crippen molar-refractivity contribution in [3.05, 3.63) is 34.1 Å². The van der Waals surface area contributed by atoms with Gasteiger partial charge in [-0.25, -0.2) is 4.98 Å². The van der Waals surface area contributed by atoms with E-state index in [4.69, 9.17) is 9.84 Å². The fourth-order valence-corrected chi connectivity index (χ4v) is 2.36. The SMILES string of the molecule is CCc1ccc(OC)c(-c2nc(Br)c(CC(=O)O)[nH]2)c1. The normalized spacial score (nSPS) is 10.6. The first kappa shape index (κ1) is 14.6. The minimum atomic E-state index is -0.907. The van der Waals surface area contributed by atoms with Crippen LogP contribution < -0.4 is 4.74 Å². The predicted octanol–water partition coefficient (Wildman–Crippen LogP) is 3.04. The van der Waals surface area contributed by atoms with Crippen LogP contribution in [0.2, 0.25) is 0 Å². The third kappa shape index (κ3) is 3.01. The third-order valence-electron chi connectivity index (χ3n) is 2.98.